The number of benzene rings is 3. The van der Waals surface area contributed by atoms with Crippen LogP contribution >= 0.6 is 0 Å². The molecule has 8 heteroatoms. The molecule has 3 amide bonds. The highest BCUT2D eigenvalue weighted by molar-refractivity contribution is 6.05. The molecule has 1 atom stereocenters. The number of likely N-dealkylation sites (tertiary alicyclic amines) is 1. The van der Waals surface area contributed by atoms with Gasteiger partial charge in [0.15, 0.2) is 0 Å². The zero-order valence-electron chi connectivity index (χ0n) is 19.9. The van der Waals surface area contributed by atoms with Gasteiger partial charge in [-0.05, 0) is 35.4 Å². The second kappa shape index (κ2) is 11.3. The Kier molecular flexibility index (Phi) is 7.75. The van der Waals surface area contributed by atoms with Crippen molar-refractivity contribution < 1.29 is 23.9 Å². The number of hydrogen-bond acceptors (Lipinski definition) is 5. The average molecular weight is 486 g/mol. The molecule has 1 aliphatic heterocycles. The number of rotatable bonds is 8. The number of anilines is 1. The average Bonchev–Trinajstić information content (AvgIpc) is 3.23. The van der Waals surface area contributed by atoms with Crippen LogP contribution in [0.2, 0.25) is 0 Å². The van der Waals surface area contributed by atoms with Crippen LogP contribution in [-0.4, -0.2) is 35.1 Å². The van der Waals surface area contributed by atoms with Crippen LogP contribution in [0.3, 0.4) is 0 Å². The molecule has 8 nitrogen and oxygen atoms in total. The topological polar surface area (TPSA) is 105 Å². The molecule has 1 aliphatic rings. The number of ether oxygens (including phenoxy) is 1. The van der Waals surface area contributed by atoms with E-state index in [1.54, 1.807) is 35.2 Å². The fourth-order valence-electron chi connectivity index (χ4n) is 4.09. The largest absolute Gasteiger partial charge is 0.427 e. The van der Waals surface area contributed by atoms with Gasteiger partial charge in [-0.25, -0.2) is 0 Å². The van der Waals surface area contributed by atoms with Gasteiger partial charge in [-0.3, -0.25) is 19.2 Å². The van der Waals surface area contributed by atoms with Crippen LogP contribution in [0.1, 0.15) is 34.8 Å². The van der Waals surface area contributed by atoms with Crippen molar-refractivity contribution in [3.05, 3.63) is 95.6 Å². The zero-order valence-corrected chi connectivity index (χ0v) is 19.9. The van der Waals surface area contributed by atoms with E-state index in [4.69, 9.17) is 4.74 Å². The summed E-state index contributed by atoms with van der Waals surface area (Å²) in [7, 11) is 0. The van der Waals surface area contributed by atoms with E-state index in [1.807, 2.05) is 42.5 Å². The highest BCUT2D eigenvalue weighted by atomic mass is 16.5. The Morgan fingerprint density at radius 2 is 1.72 bits per heavy atom. The van der Waals surface area contributed by atoms with E-state index in [0.29, 0.717) is 24.3 Å². The Balaban J connectivity index is 1.35. The van der Waals surface area contributed by atoms with Crippen molar-refractivity contribution in [2.24, 2.45) is 5.92 Å². The smallest absolute Gasteiger partial charge is 0.308 e. The summed E-state index contributed by atoms with van der Waals surface area (Å²) in [5, 5.41) is 5.75. The third kappa shape index (κ3) is 6.35. The number of carbonyl (C=O) groups is 4. The molecule has 3 aromatic rings. The molecule has 4 rings (SSSR count). The minimum absolute atomic E-state index is 0.0392. The molecule has 1 heterocycles. The lowest BCUT2D eigenvalue weighted by Gasteiger charge is -2.17. The number of para-hydroxylation sites is 1. The molecule has 3 aromatic carbocycles. The Bertz CT molecular complexity index is 1270. The van der Waals surface area contributed by atoms with Gasteiger partial charge in [0.1, 0.15) is 5.75 Å². The van der Waals surface area contributed by atoms with E-state index in [1.165, 1.54) is 13.0 Å². The van der Waals surface area contributed by atoms with Crippen LogP contribution in [0.5, 0.6) is 5.75 Å². The van der Waals surface area contributed by atoms with E-state index in [-0.39, 0.29) is 36.4 Å². The normalized spacial score (nSPS) is 14.9. The highest BCUT2D eigenvalue weighted by Gasteiger charge is 2.34. The van der Waals surface area contributed by atoms with Crippen LogP contribution < -0.4 is 15.4 Å². The first kappa shape index (κ1) is 24.7. The van der Waals surface area contributed by atoms with Gasteiger partial charge < -0.3 is 20.3 Å². The molecule has 0 saturated carbocycles. The molecular formula is C28H27N3O5. The minimum Gasteiger partial charge on any atom is -0.427 e. The Hall–Kier alpha value is -4.46. The van der Waals surface area contributed by atoms with E-state index in [0.717, 1.165) is 11.1 Å². The quantitative estimate of drug-likeness (QED) is 0.375. The number of nitrogens with one attached hydrogen (secondary N) is 2. The Labute approximate surface area is 209 Å². The lowest BCUT2D eigenvalue weighted by molar-refractivity contribution is -0.132. The van der Waals surface area contributed by atoms with E-state index >= 15 is 0 Å². The predicted octanol–water partition coefficient (Wildman–Crippen LogP) is 3.53. The summed E-state index contributed by atoms with van der Waals surface area (Å²) in [6.07, 6.45) is 0.176. The van der Waals surface area contributed by atoms with Gasteiger partial charge in [0.05, 0.1) is 5.92 Å². The Morgan fingerprint density at radius 3 is 2.50 bits per heavy atom. The fraction of sp³-hybridized carbons (Fsp3) is 0.214. The first-order chi connectivity index (χ1) is 17.4. The van der Waals surface area contributed by atoms with Crippen molar-refractivity contribution in [1.29, 1.82) is 0 Å². The number of amides is 3. The maximum Gasteiger partial charge on any atom is 0.308 e. The Morgan fingerprint density at radius 1 is 0.972 bits per heavy atom. The summed E-state index contributed by atoms with van der Waals surface area (Å²) < 4.78 is 5.05. The first-order valence-electron chi connectivity index (χ1n) is 11.7. The maximum atomic E-state index is 12.8. The van der Waals surface area contributed by atoms with E-state index < -0.39 is 11.9 Å². The van der Waals surface area contributed by atoms with Gasteiger partial charge in [0.25, 0.3) is 5.91 Å². The van der Waals surface area contributed by atoms with Gasteiger partial charge in [0.2, 0.25) is 11.8 Å². The van der Waals surface area contributed by atoms with Crippen molar-refractivity contribution in [2.75, 3.05) is 11.9 Å². The zero-order chi connectivity index (χ0) is 25.5. The monoisotopic (exact) mass is 485 g/mol. The minimum atomic E-state index is -0.471. The summed E-state index contributed by atoms with van der Waals surface area (Å²) in [6.45, 7) is 2.35. The lowest BCUT2D eigenvalue weighted by atomic mass is 10.1. The molecule has 184 valence electrons. The summed E-state index contributed by atoms with van der Waals surface area (Å²) in [5.41, 5.74) is 2.63. The van der Waals surface area contributed by atoms with Crippen molar-refractivity contribution in [2.45, 2.75) is 26.4 Å². The van der Waals surface area contributed by atoms with Crippen LogP contribution in [0, 0.1) is 5.92 Å². The number of esters is 1. The fourth-order valence-corrected chi connectivity index (χ4v) is 4.09. The molecule has 0 radical (unpaired) electrons. The molecule has 0 spiro atoms. The van der Waals surface area contributed by atoms with Gasteiger partial charge in [-0.1, -0.05) is 54.6 Å². The van der Waals surface area contributed by atoms with E-state index in [9.17, 15) is 19.2 Å². The molecule has 36 heavy (non-hydrogen) atoms. The molecule has 2 N–H and O–H groups in total. The third-order valence-electron chi connectivity index (χ3n) is 5.88. The number of nitrogens with zero attached hydrogens (tertiary/aromatic N) is 1. The van der Waals surface area contributed by atoms with Gasteiger partial charge >= 0.3 is 5.97 Å². The molecule has 1 unspecified atom stereocenters. The standard InChI is InChI=1S/C28H27N3O5/c1-19(32)36-24-12-7-11-21(14-24)28(35)30-25-13-6-5-10-22(25)16-29-27(34)23-15-26(33)31(18-23)17-20-8-3-2-4-9-20/h2-14,23H,15-18H2,1H3,(H,29,34)(H,30,35). The molecular weight excluding hydrogens is 458 g/mol. The number of carbonyl (C=O) groups excluding carboxylic acids is 4. The molecule has 1 saturated heterocycles. The highest BCUT2D eigenvalue weighted by Crippen LogP contribution is 2.22. The second-order valence-electron chi connectivity index (χ2n) is 8.61. The van der Waals surface area contributed by atoms with Crippen molar-refractivity contribution in [3.63, 3.8) is 0 Å². The number of hydrogen-bond donors (Lipinski definition) is 2. The van der Waals surface area contributed by atoms with Gasteiger partial charge in [0, 0.05) is 44.2 Å². The SMILES string of the molecule is CC(=O)Oc1cccc(C(=O)Nc2ccccc2CNC(=O)C2CC(=O)N(Cc3ccccc3)C2)c1. The van der Waals surface area contributed by atoms with Crippen molar-refractivity contribution >= 4 is 29.4 Å². The second-order valence-corrected chi connectivity index (χ2v) is 8.61. The summed E-state index contributed by atoms with van der Waals surface area (Å²) >= 11 is 0. The molecule has 0 bridgehead atoms. The van der Waals surface area contributed by atoms with Crippen LogP contribution in [0.15, 0.2) is 78.9 Å². The van der Waals surface area contributed by atoms with Gasteiger partial charge in [-0.2, -0.15) is 0 Å². The van der Waals surface area contributed by atoms with Crippen molar-refractivity contribution in [3.8, 4) is 5.75 Å². The van der Waals surface area contributed by atoms with E-state index in [2.05, 4.69) is 10.6 Å². The summed E-state index contributed by atoms with van der Waals surface area (Å²) in [6, 6.07) is 23.2. The predicted molar refractivity (Wildman–Crippen MR) is 134 cm³/mol. The lowest BCUT2D eigenvalue weighted by Crippen LogP contribution is -2.32. The molecule has 0 aromatic heterocycles. The van der Waals surface area contributed by atoms with Crippen LogP contribution in [0.4, 0.5) is 5.69 Å². The van der Waals surface area contributed by atoms with Gasteiger partial charge in [-0.15, -0.1) is 0 Å². The molecule has 0 aliphatic carbocycles. The summed E-state index contributed by atoms with van der Waals surface area (Å²) in [5.74, 6) is -1.23. The maximum absolute atomic E-state index is 12.8. The third-order valence-corrected chi connectivity index (χ3v) is 5.88. The van der Waals surface area contributed by atoms with Crippen LogP contribution in [-0.2, 0) is 27.5 Å². The first-order valence-corrected chi connectivity index (χ1v) is 11.7. The summed E-state index contributed by atoms with van der Waals surface area (Å²) in [4.78, 5) is 50.9. The van der Waals surface area contributed by atoms with Crippen LogP contribution in [0.25, 0.3) is 0 Å². The molecule has 1 fully saturated rings. The van der Waals surface area contributed by atoms with Crippen molar-refractivity contribution in [1.82, 2.24) is 10.2 Å².